The van der Waals surface area contributed by atoms with E-state index in [-0.39, 0.29) is 38.6 Å². The molecule has 97 heavy (non-hydrogen) atoms. The molecule has 9 nitrogen and oxygen atoms in total. The lowest BCUT2D eigenvalue weighted by atomic mass is 10.0. The van der Waals surface area contributed by atoms with Gasteiger partial charge in [-0.1, -0.05) is 426 Å². The molecule has 2 atom stereocenters. The largest absolute Gasteiger partial charge is 0.472 e. The Morgan fingerprint density at radius 1 is 0.320 bits per heavy atom. The molecule has 0 aromatic carbocycles. The van der Waals surface area contributed by atoms with E-state index in [4.69, 9.17) is 24.3 Å². The molecule has 0 aromatic heterocycles. The van der Waals surface area contributed by atoms with Gasteiger partial charge in [-0.25, -0.2) is 4.57 Å². The highest BCUT2D eigenvalue weighted by molar-refractivity contribution is 7.47. The number of phosphoric ester groups is 1. The van der Waals surface area contributed by atoms with Gasteiger partial charge in [0.25, 0.3) is 0 Å². The minimum Gasteiger partial charge on any atom is -0.462 e. The molecule has 0 aliphatic heterocycles. The van der Waals surface area contributed by atoms with Crippen molar-refractivity contribution in [3.8, 4) is 0 Å². The molecule has 10 heteroatoms. The monoisotopic (exact) mass is 1380 g/mol. The number of hydrogen-bond acceptors (Lipinski definition) is 8. The molecule has 0 aliphatic rings. The highest BCUT2D eigenvalue weighted by Gasteiger charge is 2.26. The summed E-state index contributed by atoms with van der Waals surface area (Å²) in [6.07, 6.45) is 112. The lowest BCUT2D eigenvalue weighted by molar-refractivity contribution is -0.161. The van der Waals surface area contributed by atoms with Crippen LogP contribution in [0.25, 0.3) is 0 Å². The van der Waals surface area contributed by atoms with Crippen LogP contribution in [0.3, 0.4) is 0 Å². The zero-order valence-electron chi connectivity index (χ0n) is 64.1. The van der Waals surface area contributed by atoms with Crippen molar-refractivity contribution >= 4 is 19.8 Å². The number of nitrogens with two attached hydrogens (primary N) is 1. The summed E-state index contributed by atoms with van der Waals surface area (Å²) in [5, 5.41) is 0. The van der Waals surface area contributed by atoms with E-state index in [1.807, 2.05) is 0 Å². The summed E-state index contributed by atoms with van der Waals surface area (Å²) < 4.78 is 33.3. The van der Waals surface area contributed by atoms with Gasteiger partial charge in [0.1, 0.15) is 6.61 Å². The predicted octanol–water partition coefficient (Wildman–Crippen LogP) is 28.4. The van der Waals surface area contributed by atoms with Crippen LogP contribution in [0.2, 0.25) is 0 Å². The van der Waals surface area contributed by atoms with Crippen LogP contribution < -0.4 is 5.73 Å². The Morgan fingerprint density at radius 2 is 0.567 bits per heavy atom. The Kier molecular flexibility index (Phi) is 79.8. The quantitative estimate of drug-likeness (QED) is 0.0264. The number of carbonyl (C=O) groups excluding carboxylic acids is 2. The van der Waals surface area contributed by atoms with Gasteiger partial charge in [-0.15, -0.1) is 0 Å². The summed E-state index contributed by atoms with van der Waals surface area (Å²) >= 11 is 0. The van der Waals surface area contributed by atoms with Gasteiger partial charge in [0.15, 0.2) is 6.10 Å². The third-order valence-electron chi connectivity index (χ3n) is 18.8. The van der Waals surface area contributed by atoms with Crippen molar-refractivity contribution in [3.05, 3.63) is 85.1 Å². The molecule has 2 unspecified atom stereocenters. The van der Waals surface area contributed by atoms with Crippen LogP contribution >= 0.6 is 7.82 Å². The van der Waals surface area contributed by atoms with Gasteiger partial charge < -0.3 is 20.1 Å². The number of allylic oxidation sites excluding steroid dienone is 14. The molecular weight excluding hydrogens is 1220 g/mol. The summed E-state index contributed by atoms with van der Waals surface area (Å²) in [7, 11) is -4.40. The number of phosphoric acid groups is 1. The molecule has 0 heterocycles. The number of hydrogen-bond donors (Lipinski definition) is 2. The van der Waals surface area contributed by atoms with Gasteiger partial charge in [0, 0.05) is 19.4 Å². The molecule has 0 fully saturated rings. The molecule has 0 aromatic rings. The van der Waals surface area contributed by atoms with Crippen LogP contribution in [0.4, 0.5) is 0 Å². The maximum absolute atomic E-state index is 12.8. The van der Waals surface area contributed by atoms with Gasteiger partial charge in [0.2, 0.25) is 0 Å². The summed E-state index contributed by atoms with van der Waals surface area (Å²) in [6.45, 7) is 3.70. The van der Waals surface area contributed by atoms with Crippen LogP contribution in [0.1, 0.15) is 425 Å². The molecule has 0 rings (SSSR count). The predicted molar refractivity (Wildman–Crippen MR) is 422 cm³/mol. The lowest BCUT2D eigenvalue weighted by Gasteiger charge is -2.19. The van der Waals surface area contributed by atoms with Crippen molar-refractivity contribution in [2.75, 3.05) is 26.4 Å². The average molecular weight is 1380 g/mol. The van der Waals surface area contributed by atoms with Gasteiger partial charge >= 0.3 is 19.8 Å². The summed E-state index contributed by atoms with van der Waals surface area (Å²) in [5.74, 6) is -0.809. The van der Waals surface area contributed by atoms with E-state index >= 15 is 0 Å². The molecule has 0 radical (unpaired) electrons. The van der Waals surface area contributed by atoms with Gasteiger partial charge in [-0.2, -0.15) is 0 Å². The molecule has 3 N–H and O–H groups in total. The summed E-state index contributed by atoms with van der Waals surface area (Å²) in [6, 6.07) is 0. The highest BCUT2D eigenvalue weighted by atomic mass is 31.2. The van der Waals surface area contributed by atoms with Gasteiger partial charge in [-0.05, 0) is 70.6 Å². The van der Waals surface area contributed by atoms with Crippen molar-refractivity contribution < 1.29 is 37.6 Å². The Bertz CT molecular complexity index is 1870. The van der Waals surface area contributed by atoms with Crippen LogP contribution in [-0.4, -0.2) is 49.3 Å². The molecule has 0 aliphatic carbocycles. The third kappa shape index (κ3) is 82.0. The van der Waals surface area contributed by atoms with E-state index in [1.165, 1.54) is 308 Å². The number of ether oxygens (including phenoxy) is 2. The van der Waals surface area contributed by atoms with E-state index in [0.29, 0.717) is 6.42 Å². The fourth-order valence-electron chi connectivity index (χ4n) is 12.6. The van der Waals surface area contributed by atoms with E-state index in [1.54, 1.807) is 0 Å². The number of rotatable bonds is 80. The number of carbonyl (C=O) groups is 2. The number of esters is 2. The van der Waals surface area contributed by atoms with Crippen molar-refractivity contribution in [2.24, 2.45) is 5.73 Å². The normalized spacial score (nSPS) is 13.2. The van der Waals surface area contributed by atoms with E-state index < -0.39 is 26.5 Å². The smallest absolute Gasteiger partial charge is 0.462 e. The van der Waals surface area contributed by atoms with Crippen LogP contribution in [0.15, 0.2) is 85.1 Å². The third-order valence-corrected chi connectivity index (χ3v) is 19.8. The van der Waals surface area contributed by atoms with Crippen LogP contribution in [0, 0.1) is 0 Å². The molecule has 0 bridgehead atoms. The average Bonchev–Trinajstić information content (AvgIpc) is 2.17. The maximum atomic E-state index is 12.8. The first-order valence-electron chi connectivity index (χ1n) is 42.1. The molecular formula is C87H160NO8P. The number of unbranched alkanes of at least 4 members (excludes halogenated alkanes) is 53. The second-order valence-corrected chi connectivity index (χ2v) is 29.8. The Labute approximate surface area is 602 Å². The maximum Gasteiger partial charge on any atom is 0.472 e. The lowest BCUT2D eigenvalue weighted by Crippen LogP contribution is -2.29. The molecule has 566 valence electrons. The van der Waals surface area contributed by atoms with E-state index in [2.05, 4.69) is 98.9 Å². The van der Waals surface area contributed by atoms with E-state index in [9.17, 15) is 19.0 Å². The van der Waals surface area contributed by atoms with Crippen LogP contribution in [0.5, 0.6) is 0 Å². The van der Waals surface area contributed by atoms with Crippen molar-refractivity contribution in [1.29, 1.82) is 0 Å². The SMILES string of the molecule is CC/C=C\C/C=C\C/C=C\C/C=C\C/C=C\C/C=C\C/C=C\CCCCCCCCCCCCCCCCCC(=O)OC(COC(=O)CCCCCCCCCCCCCCCCCCCCCCCCCCCCCCCCCCCCCCCCC)COP(=O)(O)OCCN. The molecule has 0 spiro atoms. The van der Waals surface area contributed by atoms with Crippen molar-refractivity contribution in [2.45, 2.75) is 431 Å². The van der Waals surface area contributed by atoms with Gasteiger partial charge in [-0.3, -0.25) is 18.6 Å². The second kappa shape index (κ2) is 82.1. The molecule has 0 amide bonds. The Morgan fingerprint density at radius 3 is 0.845 bits per heavy atom. The Hall–Kier alpha value is -2.81. The molecule has 0 saturated carbocycles. The van der Waals surface area contributed by atoms with Crippen molar-refractivity contribution in [3.63, 3.8) is 0 Å². The summed E-state index contributed by atoms with van der Waals surface area (Å²) in [4.78, 5) is 35.5. The molecule has 0 saturated heterocycles. The highest BCUT2D eigenvalue weighted by Crippen LogP contribution is 2.43. The van der Waals surface area contributed by atoms with E-state index in [0.717, 1.165) is 83.5 Å². The van der Waals surface area contributed by atoms with Crippen molar-refractivity contribution in [1.82, 2.24) is 0 Å². The fourth-order valence-corrected chi connectivity index (χ4v) is 13.4. The second-order valence-electron chi connectivity index (χ2n) is 28.3. The zero-order valence-corrected chi connectivity index (χ0v) is 65.0. The minimum atomic E-state index is -4.40. The first kappa shape index (κ1) is 94.2. The minimum absolute atomic E-state index is 0.0533. The standard InChI is InChI=1S/C87H160NO8P/c1-3-5-7-9-11-13-15-17-19-21-23-25-27-29-31-33-35-37-39-41-42-44-45-47-49-51-53-55-57-59-61-63-65-67-69-71-73-75-77-79-86(89)93-83-85(84-95-97(91,92)94-82-81-88)96-87(90)80-78-76-74-72-70-68-66-64-62-60-58-56-54-52-50-48-46-43-40-38-36-34-32-30-28-26-24-22-20-18-16-14-12-10-8-6-4-2/h6,8,12,14,18,20,24,26,30,32,36,38,43,46,85H,3-5,7,9-11,13,15-17,19,21-23,25,27-29,31,33-35,37,39-42,44-45,47-84,88H2,1-2H3,(H,91,92)/b8-6-,14-12-,20-18-,26-24-,32-30-,38-36-,46-43-. The zero-order chi connectivity index (χ0) is 70.0. The Balaban J connectivity index is 3.76. The van der Waals surface area contributed by atoms with Gasteiger partial charge in [0.05, 0.1) is 13.2 Å². The topological polar surface area (TPSA) is 134 Å². The van der Waals surface area contributed by atoms with Crippen LogP contribution in [-0.2, 0) is 32.7 Å². The first-order valence-corrected chi connectivity index (χ1v) is 43.6. The first-order chi connectivity index (χ1) is 47.8. The fraction of sp³-hybridized carbons (Fsp3) is 0.816. The summed E-state index contributed by atoms with van der Waals surface area (Å²) in [5.41, 5.74) is 5.42.